The van der Waals surface area contributed by atoms with Gasteiger partial charge in [-0.25, -0.2) is 0 Å². The van der Waals surface area contributed by atoms with Crippen molar-refractivity contribution in [2.24, 2.45) is 11.3 Å². The van der Waals surface area contributed by atoms with E-state index in [1.807, 2.05) is 0 Å². The van der Waals surface area contributed by atoms with Crippen LogP contribution in [0.15, 0.2) is 0 Å². The summed E-state index contributed by atoms with van der Waals surface area (Å²) in [6.07, 6.45) is 4.43. The lowest BCUT2D eigenvalue weighted by atomic mass is 9.92. The SMILES string of the molecule is CNCC(C)(C)CN1CC2CCC1C2. The molecule has 2 rings (SSSR count). The second kappa shape index (κ2) is 3.82. The van der Waals surface area contributed by atoms with Gasteiger partial charge in [-0.15, -0.1) is 0 Å². The molecule has 1 aliphatic carbocycles. The third-order valence-corrected chi connectivity index (χ3v) is 3.81. The molecule has 14 heavy (non-hydrogen) atoms. The Morgan fingerprint density at radius 1 is 1.36 bits per heavy atom. The highest BCUT2D eigenvalue weighted by atomic mass is 15.2. The molecule has 2 atom stereocenters. The quantitative estimate of drug-likeness (QED) is 0.736. The van der Waals surface area contributed by atoms with Crippen LogP contribution in [0.4, 0.5) is 0 Å². The van der Waals surface area contributed by atoms with Gasteiger partial charge in [-0.3, -0.25) is 4.90 Å². The third-order valence-electron chi connectivity index (χ3n) is 3.81. The summed E-state index contributed by atoms with van der Waals surface area (Å²) in [5.74, 6) is 1.03. The molecule has 0 aromatic heterocycles. The monoisotopic (exact) mass is 196 g/mol. The first-order chi connectivity index (χ1) is 6.61. The van der Waals surface area contributed by atoms with Crippen LogP contribution in [0.5, 0.6) is 0 Å². The molecular formula is C12H24N2. The van der Waals surface area contributed by atoms with Crippen molar-refractivity contribution < 1.29 is 0 Å². The molecule has 2 bridgehead atoms. The predicted octanol–water partition coefficient (Wildman–Crippen LogP) is 1.72. The van der Waals surface area contributed by atoms with Crippen LogP contribution in [0.3, 0.4) is 0 Å². The van der Waals surface area contributed by atoms with Gasteiger partial charge < -0.3 is 5.32 Å². The molecule has 2 nitrogen and oxygen atoms in total. The smallest absolute Gasteiger partial charge is 0.00988 e. The van der Waals surface area contributed by atoms with Crippen molar-refractivity contribution in [1.29, 1.82) is 0 Å². The highest BCUT2D eigenvalue weighted by Crippen LogP contribution is 2.38. The number of hydrogen-bond donors (Lipinski definition) is 1. The Kier molecular flexibility index (Phi) is 2.85. The van der Waals surface area contributed by atoms with Gasteiger partial charge in [-0.1, -0.05) is 13.8 Å². The topological polar surface area (TPSA) is 15.3 Å². The van der Waals surface area contributed by atoms with Gasteiger partial charge in [0.1, 0.15) is 0 Å². The van der Waals surface area contributed by atoms with Crippen LogP contribution in [0, 0.1) is 11.3 Å². The number of nitrogens with zero attached hydrogens (tertiary/aromatic N) is 1. The number of piperidine rings is 1. The standard InChI is InChI=1S/C12H24N2/c1-12(2,8-13-3)9-14-7-10-4-5-11(14)6-10/h10-11,13H,4-9H2,1-3H3. The zero-order valence-electron chi connectivity index (χ0n) is 9.84. The van der Waals surface area contributed by atoms with E-state index in [-0.39, 0.29) is 0 Å². The molecule has 2 aliphatic rings. The summed E-state index contributed by atoms with van der Waals surface area (Å²) in [6.45, 7) is 8.51. The van der Waals surface area contributed by atoms with Crippen LogP contribution in [-0.4, -0.2) is 37.6 Å². The van der Waals surface area contributed by atoms with Gasteiger partial charge >= 0.3 is 0 Å². The molecule has 82 valence electrons. The Morgan fingerprint density at radius 2 is 2.14 bits per heavy atom. The van der Waals surface area contributed by atoms with Crippen LogP contribution < -0.4 is 5.32 Å². The fourth-order valence-electron chi connectivity index (χ4n) is 3.30. The van der Waals surface area contributed by atoms with Crippen LogP contribution >= 0.6 is 0 Å². The molecule has 1 aliphatic heterocycles. The fourth-order valence-corrected chi connectivity index (χ4v) is 3.30. The van der Waals surface area contributed by atoms with Crippen molar-refractivity contribution >= 4 is 0 Å². The first-order valence-corrected chi connectivity index (χ1v) is 5.99. The summed E-state index contributed by atoms with van der Waals surface area (Å²) < 4.78 is 0. The van der Waals surface area contributed by atoms with Crippen molar-refractivity contribution in [2.45, 2.75) is 39.2 Å². The molecule has 1 N–H and O–H groups in total. The summed E-state index contributed by atoms with van der Waals surface area (Å²) in [5.41, 5.74) is 0.430. The fraction of sp³-hybridized carbons (Fsp3) is 1.00. The van der Waals surface area contributed by atoms with Crippen LogP contribution in [-0.2, 0) is 0 Å². The maximum absolute atomic E-state index is 3.30. The maximum Gasteiger partial charge on any atom is 0.00988 e. The van der Waals surface area contributed by atoms with Crippen molar-refractivity contribution in [2.75, 3.05) is 26.7 Å². The zero-order chi connectivity index (χ0) is 10.2. The zero-order valence-corrected chi connectivity index (χ0v) is 9.84. The lowest BCUT2D eigenvalue weighted by Crippen LogP contribution is -2.43. The molecule has 0 radical (unpaired) electrons. The third kappa shape index (κ3) is 2.12. The van der Waals surface area contributed by atoms with E-state index < -0.39 is 0 Å². The molecule has 0 amide bonds. The van der Waals surface area contributed by atoms with Crippen molar-refractivity contribution in [3.8, 4) is 0 Å². The summed E-state index contributed by atoms with van der Waals surface area (Å²) in [7, 11) is 2.05. The summed E-state index contributed by atoms with van der Waals surface area (Å²) in [5, 5.41) is 3.30. The maximum atomic E-state index is 3.30. The minimum Gasteiger partial charge on any atom is -0.319 e. The number of fused-ring (bicyclic) bond motifs is 2. The summed E-state index contributed by atoms with van der Waals surface area (Å²) >= 11 is 0. The predicted molar refractivity (Wildman–Crippen MR) is 60.4 cm³/mol. The van der Waals surface area contributed by atoms with Gasteiger partial charge in [-0.2, -0.15) is 0 Å². The van der Waals surface area contributed by atoms with Gasteiger partial charge in [0.15, 0.2) is 0 Å². The minimum atomic E-state index is 0.430. The Morgan fingerprint density at radius 3 is 2.64 bits per heavy atom. The molecule has 1 saturated carbocycles. The molecule has 2 heteroatoms. The first-order valence-electron chi connectivity index (χ1n) is 5.99. The van der Waals surface area contributed by atoms with Crippen molar-refractivity contribution in [3.05, 3.63) is 0 Å². The van der Waals surface area contributed by atoms with Crippen molar-refractivity contribution in [1.82, 2.24) is 10.2 Å². The van der Waals surface area contributed by atoms with E-state index in [0.717, 1.165) is 18.5 Å². The first kappa shape index (κ1) is 10.4. The molecule has 2 fully saturated rings. The molecule has 0 spiro atoms. The van der Waals surface area contributed by atoms with E-state index >= 15 is 0 Å². The lowest BCUT2D eigenvalue weighted by Gasteiger charge is -2.35. The normalized spacial score (nSPS) is 32.8. The second-order valence-corrected chi connectivity index (χ2v) is 5.96. The highest BCUT2D eigenvalue weighted by molar-refractivity contribution is 4.94. The number of hydrogen-bond acceptors (Lipinski definition) is 2. The number of likely N-dealkylation sites (tertiary alicyclic amines) is 1. The van der Waals surface area contributed by atoms with Crippen LogP contribution in [0.25, 0.3) is 0 Å². The molecular weight excluding hydrogens is 172 g/mol. The minimum absolute atomic E-state index is 0.430. The Balaban J connectivity index is 1.86. The number of rotatable bonds is 4. The van der Waals surface area contributed by atoms with E-state index in [0.29, 0.717) is 5.41 Å². The molecule has 2 unspecified atom stereocenters. The Bertz CT molecular complexity index is 200. The van der Waals surface area contributed by atoms with E-state index in [1.165, 1.54) is 32.4 Å². The lowest BCUT2D eigenvalue weighted by molar-refractivity contribution is 0.141. The Hall–Kier alpha value is -0.0800. The van der Waals surface area contributed by atoms with Crippen molar-refractivity contribution in [3.63, 3.8) is 0 Å². The van der Waals surface area contributed by atoms with E-state index in [9.17, 15) is 0 Å². The van der Waals surface area contributed by atoms with Crippen LogP contribution in [0.1, 0.15) is 33.1 Å². The van der Waals surface area contributed by atoms with Gasteiger partial charge in [0.2, 0.25) is 0 Å². The van der Waals surface area contributed by atoms with E-state index in [1.54, 1.807) is 0 Å². The molecule has 0 aromatic carbocycles. The largest absolute Gasteiger partial charge is 0.319 e. The molecule has 0 aromatic rings. The average Bonchev–Trinajstić information content (AvgIpc) is 2.63. The van der Waals surface area contributed by atoms with Gasteiger partial charge in [0.05, 0.1) is 0 Å². The highest BCUT2D eigenvalue weighted by Gasteiger charge is 2.39. The van der Waals surface area contributed by atoms with Gasteiger partial charge in [-0.05, 0) is 37.6 Å². The van der Waals surface area contributed by atoms with Crippen LogP contribution in [0.2, 0.25) is 0 Å². The number of nitrogens with one attached hydrogen (secondary N) is 1. The second-order valence-electron chi connectivity index (χ2n) is 5.96. The van der Waals surface area contributed by atoms with Gasteiger partial charge in [0, 0.05) is 25.7 Å². The van der Waals surface area contributed by atoms with Gasteiger partial charge in [0.25, 0.3) is 0 Å². The van der Waals surface area contributed by atoms with E-state index in [4.69, 9.17) is 0 Å². The molecule has 1 heterocycles. The van der Waals surface area contributed by atoms with E-state index in [2.05, 4.69) is 31.1 Å². The molecule has 1 saturated heterocycles. The summed E-state index contributed by atoms with van der Waals surface area (Å²) in [6, 6.07) is 0.927. The average molecular weight is 196 g/mol. The summed E-state index contributed by atoms with van der Waals surface area (Å²) in [4.78, 5) is 2.73. The Labute approximate surface area is 88.1 Å².